The summed E-state index contributed by atoms with van der Waals surface area (Å²) in [5.74, 6) is 0.257. The molecular formula is C12H19N5O. The number of nitrogens with one attached hydrogen (secondary N) is 1. The van der Waals surface area contributed by atoms with Gasteiger partial charge in [0.15, 0.2) is 11.5 Å². The van der Waals surface area contributed by atoms with Crippen LogP contribution in [0.2, 0.25) is 0 Å². The monoisotopic (exact) mass is 249 g/mol. The molecular weight excluding hydrogens is 230 g/mol. The SMILES string of the molecule is CCN(c1ccc(C(N)=O)nn1)C1CCCNC1. The lowest BCUT2D eigenvalue weighted by Gasteiger charge is -2.34. The summed E-state index contributed by atoms with van der Waals surface area (Å²) in [5, 5.41) is 11.3. The van der Waals surface area contributed by atoms with Gasteiger partial charge in [0.25, 0.3) is 5.91 Å². The topological polar surface area (TPSA) is 84.1 Å². The standard InChI is InChI=1S/C12H19N5O/c1-2-17(9-4-3-7-14-8-9)11-6-5-10(12(13)18)15-16-11/h5-6,9,14H,2-4,7-8H2,1H3,(H2,13,18). The highest BCUT2D eigenvalue weighted by molar-refractivity contribution is 5.90. The van der Waals surface area contributed by atoms with E-state index < -0.39 is 5.91 Å². The van der Waals surface area contributed by atoms with Gasteiger partial charge in [0, 0.05) is 19.1 Å². The Balaban J connectivity index is 2.13. The van der Waals surface area contributed by atoms with Crippen molar-refractivity contribution in [1.82, 2.24) is 15.5 Å². The normalized spacial score (nSPS) is 19.5. The lowest BCUT2D eigenvalue weighted by molar-refractivity contribution is 0.0994. The quantitative estimate of drug-likeness (QED) is 0.793. The van der Waals surface area contributed by atoms with Crippen LogP contribution in [-0.4, -0.2) is 41.8 Å². The van der Waals surface area contributed by atoms with E-state index in [1.54, 1.807) is 6.07 Å². The number of nitrogens with zero attached hydrogens (tertiary/aromatic N) is 3. The number of hydrogen-bond donors (Lipinski definition) is 2. The van der Waals surface area contributed by atoms with Gasteiger partial charge in [0.2, 0.25) is 0 Å². The molecule has 1 fully saturated rings. The Labute approximate surface area is 107 Å². The van der Waals surface area contributed by atoms with Crippen LogP contribution < -0.4 is 16.0 Å². The summed E-state index contributed by atoms with van der Waals surface area (Å²) in [6.45, 7) is 5.02. The smallest absolute Gasteiger partial charge is 0.269 e. The number of piperidine rings is 1. The lowest BCUT2D eigenvalue weighted by atomic mass is 10.1. The number of hydrogen-bond acceptors (Lipinski definition) is 5. The van der Waals surface area contributed by atoms with E-state index in [1.165, 1.54) is 6.42 Å². The zero-order valence-corrected chi connectivity index (χ0v) is 10.6. The molecule has 0 spiro atoms. The molecule has 1 amide bonds. The minimum atomic E-state index is -0.545. The maximum Gasteiger partial charge on any atom is 0.269 e. The molecule has 0 radical (unpaired) electrons. The van der Waals surface area contributed by atoms with E-state index in [-0.39, 0.29) is 5.69 Å². The van der Waals surface area contributed by atoms with Gasteiger partial charge in [-0.2, -0.15) is 0 Å². The summed E-state index contributed by atoms with van der Waals surface area (Å²) in [7, 11) is 0. The molecule has 6 heteroatoms. The fourth-order valence-corrected chi connectivity index (χ4v) is 2.32. The van der Waals surface area contributed by atoms with Crippen LogP contribution in [0.25, 0.3) is 0 Å². The Bertz CT molecular complexity index is 399. The van der Waals surface area contributed by atoms with Crippen molar-refractivity contribution < 1.29 is 4.79 Å². The van der Waals surface area contributed by atoms with Crippen LogP contribution in [0.4, 0.5) is 5.82 Å². The van der Waals surface area contributed by atoms with Crippen molar-refractivity contribution >= 4 is 11.7 Å². The van der Waals surface area contributed by atoms with Crippen LogP contribution >= 0.6 is 0 Å². The molecule has 0 saturated carbocycles. The number of primary amides is 1. The van der Waals surface area contributed by atoms with E-state index in [4.69, 9.17) is 5.73 Å². The summed E-state index contributed by atoms with van der Waals surface area (Å²) >= 11 is 0. The largest absolute Gasteiger partial charge is 0.364 e. The van der Waals surface area contributed by atoms with Gasteiger partial charge in [-0.15, -0.1) is 10.2 Å². The first-order valence-corrected chi connectivity index (χ1v) is 6.33. The number of amides is 1. The van der Waals surface area contributed by atoms with Crippen LogP contribution in [0, 0.1) is 0 Å². The van der Waals surface area contributed by atoms with E-state index in [0.29, 0.717) is 6.04 Å². The number of aromatic nitrogens is 2. The van der Waals surface area contributed by atoms with Crippen molar-refractivity contribution in [2.75, 3.05) is 24.5 Å². The van der Waals surface area contributed by atoms with E-state index in [0.717, 1.165) is 31.9 Å². The highest BCUT2D eigenvalue weighted by atomic mass is 16.1. The zero-order valence-electron chi connectivity index (χ0n) is 10.6. The van der Waals surface area contributed by atoms with Crippen molar-refractivity contribution in [3.05, 3.63) is 17.8 Å². The van der Waals surface area contributed by atoms with E-state index in [9.17, 15) is 4.79 Å². The number of carbonyl (C=O) groups excluding carboxylic acids is 1. The fourth-order valence-electron chi connectivity index (χ4n) is 2.32. The molecule has 2 heterocycles. The van der Waals surface area contributed by atoms with Crippen LogP contribution in [0.15, 0.2) is 12.1 Å². The van der Waals surface area contributed by atoms with Crippen molar-refractivity contribution in [3.63, 3.8) is 0 Å². The second-order valence-corrected chi connectivity index (χ2v) is 4.43. The summed E-state index contributed by atoms with van der Waals surface area (Å²) in [5.41, 5.74) is 5.36. The highest BCUT2D eigenvalue weighted by Crippen LogP contribution is 2.17. The minimum absolute atomic E-state index is 0.205. The number of rotatable bonds is 4. The molecule has 1 aliphatic rings. The van der Waals surface area contributed by atoms with Crippen LogP contribution in [0.3, 0.4) is 0 Å². The van der Waals surface area contributed by atoms with Crippen molar-refractivity contribution in [3.8, 4) is 0 Å². The van der Waals surface area contributed by atoms with Crippen molar-refractivity contribution in [2.45, 2.75) is 25.8 Å². The molecule has 3 N–H and O–H groups in total. The first-order chi connectivity index (χ1) is 8.72. The maximum atomic E-state index is 10.9. The van der Waals surface area contributed by atoms with Gasteiger partial charge < -0.3 is 16.0 Å². The third kappa shape index (κ3) is 2.76. The van der Waals surface area contributed by atoms with Crippen molar-refractivity contribution in [1.29, 1.82) is 0 Å². The molecule has 1 saturated heterocycles. The summed E-state index contributed by atoms with van der Waals surface area (Å²) < 4.78 is 0. The Kier molecular flexibility index (Phi) is 4.09. The Hall–Kier alpha value is -1.69. The maximum absolute atomic E-state index is 10.9. The van der Waals surface area contributed by atoms with Gasteiger partial charge in [-0.3, -0.25) is 4.79 Å². The second-order valence-electron chi connectivity index (χ2n) is 4.43. The second kappa shape index (κ2) is 5.77. The molecule has 1 aromatic rings. The van der Waals surface area contributed by atoms with Gasteiger partial charge in [0.1, 0.15) is 0 Å². The third-order valence-corrected chi connectivity index (χ3v) is 3.25. The average Bonchev–Trinajstić information content (AvgIpc) is 2.41. The summed E-state index contributed by atoms with van der Waals surface area (Å²) in [6.07, 6.45) is 2.33. The summed E-state index contributed by atoms with van der Waals surface area (Å²) in [6, 6.07) is 3.88. The van der Waals surface area contributed by atoms with Gasteiger partial charge in [-0.25, -0.2) is 0 Å². The Morgan fingerprint density at radius 1 is 1.56 bits per heavy atom. The molecule has 1 unspecified atom stereocenters. The first kappa shape index (κ1) is 12.8. The van der Waals surface area contributed by atoms with Crippen LogP contribution in [-0.2, 0) is 0 Å². The first-order valence-electron chi connectivity index (χ1n) is 6.33. The molecule has 0 bridgehead atoms. The molecule has 18 heavy (non-hydrogen) atoms. The van der Waals surface area contributed by atoms with Crippen molar-refractivity contribution in [2.24, 2.45) is 5.73 Å². The minimum Gasteiger partial charge on any atom is -0.364 e. The molecule has 0 aliphatic carbocycles. The average molecular weight is 249 g/mol. The predicted octanol–water partition coefficient (Wildman–Crippen LogP) is 0.154. The predicted molar refractivity (Wildman–Crippen MR) is 69.5 cm³/mol. The Morgan fingerprint density at radius 2 is 2.39 bits per heavy atom. The van der Waals surface area contributed by atoms with E-state index in [2.05, 4.69) is 27.3 Å². The Morgan fingerprint density at radius 3 is 2.89 bits per heavy atom. The highest BCUT2D eigenvalue weighted by Gasteiger charge is 2.21. The van der Waals surface area contributed by atoms with Gasteiger partial charge >= 0.3 is 0 Å². The van der Waals surface area contributed by atoms with E-state index >= 15 is 0 Å². The molecule has 6 nitrogen and oxygen atoms in total. The number of likely N-dealkylation sites (N-methyl/N-ethyl adjacent to an activating group) is 1. The molecule has 1 aliphatic heterocycles. The molecule has 98 valence electrons. The van der Waals surface area contributed by atoms with Gasteiger partial charge in [-0.05, 0) is 38.4 Å². The fraction of sp³-hybridized carbons (Fsp3) is 0.583. The zero-order chi connectivity index (χ0) is 13.0. The third-order valence-electron chi connectivity index (χ3n) is 3.25. The number of anilines is 1. The summed E-state index contributed by atoms with van der Waals surface area (Å²) in [4.78, 5) is 13.2. The molecule has 2 rings (SSSR count). The number of carbonyl (C=O) groups is 1. The van der Waals surface area contributed by atoms with Crippen LogP contribution in [0.1, 0.15) is 30.3 Å². The lowest BCUT2D eigenvalue weighted by Crippen LogP contribution is -2.46. The van der Waals surface area contributed by atoms with Gasteiger partial charge in [0.05, 0.1) is 0 Å². The molecule has 1 atom stereocenters. The molecule has 0 aromatic carbocycles. The van der Waals surface area contributed by atoms with Crippen LogP contribution in [0.5, 0.6) is 0 Å². The van der Waals surface area contributed by atoms with E-state index in [1.807, 2.05) is 6.07 Å². The number of nitrogens with two attached hydrogens (primary N) is 1. The molecule has 1 aromatic heterocycles. The van der Waals surface area contributed by atoms with Gasteiger partial charge in [-0.1, -0.05) is 0 Å².